The zero-order valence-electron chi connectivity index (χ0n) is 7.84. The molecule has 1 aliphatic rings. The molecule has 2 heteroatoms. The number of amidine groups is 1. The van der Waals surface area contributed by atoms with E-state index in [2.05, 4.69) is 23.8 Å². The Kier molecular flexibility index (Phi) is 3.85. The first kappa shape index (κ1) is 9.30. The molecule has 0 aliphatic carbocycles. The van der Waals surface area contributed by atoms with Crippen LogP contribution >= 0.6 is 0 Å². The second kappa shape index (κ2) is 4.96. The third kappa shape index (κ3) is 3.07. The van der Waals surface area contributed by atoms with Gasteiger partial charge >= 0.3 is 0 Å². The van der Waals surface area contributed by atoms with E-state index >= 15 is 0 Å². The molecule has 1 N–H and O–H groups in total. The maximum Gasteiger partial charge on any atom is 0.0965 e. The number of hydrogen-bond acceptors (Lipinski definition) is 2. The van der Waals surface area contributed by atoms with E-state index < -0.39 is 0 Å². The highest BCUT2D eigenvalue weighted by Crippen LogP contribution is 2.05. The third-order valence-corrected chi connectivity index (χ3v) is 2.06. The van der Waals surface area contributed by atoms with Crippen LogP contribution in [0.1, 0.15) is 32.6 Å². The fourth-order valence-corrected chi connectivity index (χ4v) is 1.41. The Morgan fingerprint density at radius 3 is 3.08 bits per heavy atom. The summed E-state index contributed by atoms with van der Waals surface area (Å²) in [6.45, 7) is 6.88. The molecule has 0 saturated carbocycles. The van der Waals surface area contributed by atoms with E-state index in [0.29, 0.717) is 6.04 Å². The number of nitrogens with zero attached hydrogens (tertiary/aromatic N) is 1. The van der Waals surface area contributed by atoms with Crippen LogP contribution in [0.4, 0.5) is 0 Å². The number of hydrogen-bond donors (Lipinski definition) is 1. The molecule has 1 atom stereocenters. The molecule has 12 heavy (non-hydrogen) atoms. The predicted octanol–water partition coefficient (Wildman–Crippen LogP) is 2.12. The molecule has 0 spiro atoms. The number of nitrogens with one attached hydrogen (secondary N) is 1. The summed E-state index contributed by atoms with van der Waals surface area (Å²) in [6, 6.07) is 0.486. The van der Waals surface area contributed by atoms with Crippen molar-refractivity contribution in [3.8, 4) is 0 Å². The van der Waals surface area contributed by atoms with Gasteiger partial charge in [0, 0.05) is 19.0 Å². The Balaban J connectivity index is 2.28. The van der Waals surface area contributed by atoms with E-state index in [9.17, 15) is 0 Å². The SMILES string of the molecule is C=CCC(C)NC1=NCCCC1. The second-order valence-corrected chi connectivity index (χ2v) is 3.36. The lowest BCUT2D eigenvalue weighted by Crippen LogP contribution is -2.33. The molecule has 0 aromatic carbocycles. The van der Waals surface area contributed by atoms with Gasteiger partial charge in [0.2, 0.25) is 0 Å². The van der Waals surface area contributed by atoms with Gasteiger partial charge in [0.05, 0.1) is 5.84 Å². The molecule has 68 valence electrons. The van der Waals surface area contributed by atoms with Crippen LogP contribution in [0.25, 0.3) is 0 Å². The zero-order chi connectivity index (χ0) is 8.81. The van der Waals surface area contributed by atoms with Crippen LogP contribution in [0, 0.1) is 0 Å². The molecule has 0 fully saturated rings. The molecular weight excluding hydrogens is 148 g/mol. The summed E-state index contributed by atoms with van der Waals surface area (Å²) >= 11 is 0. The average Bonchev–Trinajstić information content (AvgIpc) is 2.06. The lowest BCUT2D eigenvalue weighted by atomic mass is 10.1. The molecule has 0 radical (unpaired) electrons. The fourth-order valence-electron chi connectivity index (χ4n) is 1.41. The van der Waals surface area contributed by atoms with Crippen LogP contribution in [-0.2, 0) is 0 Å². The van der Waals surface area contributed by atoms with Gasteiger partial charge in [-0.1, -0.05) is 6.08 Å². The molecule has 0 amide bonds. The van der Waals surface area contributed by atoms with Crippen LogP contribution in [-0.4, -0.2) is 18.4 Å². The summed E-state index contributed by atoms with van der Waals surface area (Å²) in [7, 11) is 0. The molecule has 0 saturated heterocycles. The van der Waals surface area contributed by atoms with Crippen LogP contribution in [0.15, 0.2) is 17.6 Å². The van der Waals surface area contributed by atoms with Crippen molar-refractivity contribution in [3.05, 3.63) is 12.7 Å². The maximum absolute atomic E-state index is 4.42. The summed E-state index contributed by atoms with van der Waals surface area (Å²) in [5, 5.41) is 3.40. The first-order chi connectivity index (χ1) is 5.83. The topological polar surface area (TPSA) is 24.4 Å². The van der Waals surface area contributed by atoms with E-state index in [1.54, 1.807) is 0 Å². The highest BCUT2D eigenvalue weighted by molar-refractivity contribution is 5.82. The van der Waals surface area contributed by atoms with Crippen LogP contribution in [0.3, 0.4) is 0 Å². The first-order valence-electron chi connectivity index (χ1n) is 4.73. The summed E-state index contributed by atoms with van der Waals surface area (Å²) in [4.78, 5) is 4.42. The van der Waals surface area contributed by atoms with Crippen LogP contribution < -0.4 is 5.32 Å². The van der Waals surface area contributed by atoms with Crippen molar-refractivity contribution < 1.29 is 0 Å². The van der Waals surface area contributed by atoms with Gasteiger partial charge in [-0.15, -0.1) is 6.58 Å². The van der Waals surface area contributed by atoms with Gasteiger partial charge in [-0.05, 0) is 26.2 Å². The van der Waals surface area contributed by atoms with Gasteiger partial charge < -0.3 is 5.32 Å². The monoisotopic (exact) mass is 166 g/mol. The predicted molar refractivity (Wildman–Crippen MR) is 53.6 cm³/mol. The van der Waals surface area contributed by atoms with E-state index in [1.165, 1.54) is 18.7 Å². The molecule has 1 rings (SSSR count). The minimum absolute atomic E-state index is 0.486. The Labute approximate surface area is 74.8 Å². The Bertz CT molecular complexity index is 173. The normalized spacial score (nSPS) is 19.6. The van der Waals surface area contributed by atoms with Gasteiger partial charge in [0.15, 0.2) is 0 Å². The Morgan fingerprint density at radius 1 is 1.67 bits per heavy atom. The second-order valence-electron chi connectivity index (χ2n) is 3.36. The standard InChI is InChI=1S/C10H18N2/c1-3-6-9(2)12-10-7-4-5-8-11-10/h3,9H,1,4-8H2,2H3,(H,11,12). The highest BCUT2D eigenvalue weighted by atomic mass is 15.0. The van der Waals surface area contributed by atoms with Crippen molar-refractivity contribution in [3.63, 3.8) is 0 Å². The van der Waals surface area contributed by atoms with Crippen molar-refractivity contribution in [2.24, 2.45) is 4.99 Å². The minimum atomic E-state index is 0.486. The van der Waals surface area contributed by atoms with E-state index in [0.717, 1.165) is 19.4 Å². The molecule has 0 bridgehead atoms. The van der Waals surface area contributed by atoms with Gasteiger partial charge in [-0.3, -0.25) is 4.99 Å². The highest BCUT2D eigenvalue weighted by Gasteiger charge is 2.06. The summed E-state index contributed by atoms with van der Waals surface area (Å²) in [6.07, 6.45) is 6.62. The van der Waals surface area contributed by atoms with E-state index in [4.69, 9.17) is 0 Å². The Hall–Kier alpha value is -0.790. The quantitative estimate of drug-likeness (QED) is 0.638. The minimum Gasteiger partial charge on any atom is -0.371 e. The van der Waals surface area contributed by atoms with Crippen molar-refractivity contribution in [1.29, 1.82) is 0 Å². The fraction of sp³-hybridized carbons (Fsp3) is 0.700. The largest absolute Gasteiger partial charge is 0.371 e. The van der Waals surface area contributed by atoms with E-state index in [1.807, 2.05) is 6.08 Å². The molecule has 1 aliphatic heterocycles. The number of aliphatic imine (C=N–C) groups is 1. The lowest BCUT2D eigenvalue weighted by molar-refractivity contribution is 0.635. The lowest BCUT2D eigenvalue weighted by Gasteiger charge is -2.18. The Morgan fingerprint density at radius 2 is 2.50 bits per heavy atom. The molecular formula is C10H18N2. The van der Waals surface area contributed by atoms with Crippen molar-refractivity contribution >= 4 is 5.84 Å². The molecule has 1 unspecified atom stereocenters. The zero-order valence-corrected chi connectivity index (χ0v) is 7.84. The number of rotatable bonds is 3. The smallest absolute Gasteiger partial charge is 0.0965 e. The maximum atomic E-state index is 4.42. The average molecular weight is 166 g/mol. The van der Waals surface area contributed by atoms with Crippen molar-refractivity contribution in [1.82, 2.24) is 5.32 Å². The van der Waals surface area contributed by atoms with Crippen LogP contribution in [0.5, 0.6) is 0 Å². The summed E-state index contributed by atoms with van der Waals surface area (Å²) < 4.78 is 0. The van der Waals surface area contributed by atoms with Crippen LogP contribution in [0.2, 0.25) is 0 Å². The summed E-state index contributed by atoms with van der Waals surface area (Å²) in [5.41, 5.74) is 0. The van der Waals surface area contributed by atoms with Gasteiger partial charge in [-0.25, -0.2) is 0 Å². The molecule has 0 aromatic rings. The van der Waals surface area contributed by atoms with Gasteiger partial charge in [0.1, 0.15) is 0 Å². The van der Waals surface area contributed by atoms with Gasteiger partial charge in [-0.2, -0.15) is 0 Å². The molecule has 2 nitrogen and oxygen atoms in total. The molecule has 1 heterocycles. The first-order valence-corrected chi connectivity index (χ1v) is 4.73. The van der Waals surface area contributed by atoms with Crippen molar-refractivity contribution in [2.75, 3.05) is 6.54 Å². The van der Waals surface area contributed by atoms with Crippen molar-refractivity contribution in [2.45, 2.75) is 38.6 Å². The van der Waals surface area contributed by atoms with E-state index in [-0.39, 0.29) is 0 Å². The molecule has 0 aromatic heterocycles. The summed E-state index contributed by atoms with van der Waals surface area (Å²) in [5.74, 6) is 1.19. The third-order valence-electron chi connectivity index (χ3n) is 2.06. The van der Waals surface area contributed by atoms with Gasteiger partial charge in [0.25, 0.3) is 0 Å².